The highest BCUT2D eigenvalue weighted by atomic mass is 16.3. The second kappa shape index (κ2) is 7.14. The molecule has 0 amide bonds. The van der Waals surface area contributed by atoms with Crippen LogP contribution in [0.5, 0.6) is 0 Å². The Labute approximate surface area is 145 Å². The summed E-state index contributed by atoms with van der Waals surface area (Å²) in [5.74, 6) is 1.14. The Balaban J connectivity index is 1.49. The first kappa shape index (κ1) is 16.0. The molecule has 4 rings (SSSR count). The Morgan fingerprint density at radius 1 is 1.12 bits per heavy atom. The Hall–Kier alpha value is -1.54. The summed E-state index contributed by atoms with van der Waals surface area (Å²) in [6.07, 6.45) is 12.7. The normalized spacial score (nSPS) is 22.7. The van der Waals surface area contributed by atoms with Gasteiger partial charge in [0.25, 0.3) is 0 Å². The van der Waals surface area contributed by atoms with E-state index in [9.17, 15) is 0 Å². The van der Waals surface area contributed by atoms with Gasteiger partial charge < -0.3 is 9.32 Å². The minimum Gasteiger partial charge on any atom is -0.461 e. The lowest BCUT2D eigenvalue weighted by atomic mass is 10.00. The number of fused-ring (bicyclic) bond motifs is 1. The standard InChI is InChI=1S/C22H29NO/c1-17-7-6-13-23(17)14-12-21-16-20-15-19(10-11-22(20)24-21)18-8-4-2-3-5-9-18/h8,10-11,15-17H,2-7,9,12-14H2,1H3/t17-/m1/s1. The molecule has 0 N–H and O–H groups in total. The van der Waals surface area contributed by atoms with E-state index in [0.29, 0.717) is 0 Å². The summed E-state index contributed by atoms with van der Waals surface area (Å²) < 4.78 is 6.08. The van der Waals surface area contributed by atoms with Gasteiger partial charge in [-0.3, -0.25) is 0 Å². The molecule has 1 atom stereocenters. The fraction of sp³-hybridized carbons (Fsp3) is 0.545. The van der Waals surface area contributed by atoms with Crippen LogP contribution < -0.4 is 0 Å². The van der Waals surface area contributed by atoms with E-state index < -0.39 is 0 Å². The van der Waals surface area contributed by atoms with E-state index in [2.05, 4.69) is 42.2 Å². The lowest BCUT2D eigenvalue weighted by molar-refractivity contribution is 0.266. The molecule has 1 aliphatic heterocycles. The minimum absolute atomic E-state index is 0.739. The molecule has 0 bridgehead atoms. The molecule has 2 aromatic rings. The molecule has 1 aliphatic carbocycles. The molecule has 2 aliphatic rings. The highest BCUT2D eigenvalue weighted by Gasteiger charge is 2.20. The number of allylic oxidation sites excluding steroid dienone is 2. The zero-order valence-corrected chi connectivity index (χ0v) is 14.9. The van der Waals surface area contributed by atoms with Gasteiger partial charge in [0.1, 0.15) is 11.3 Å². The number of furan rings is 1. The Morgan fingerprint density at radius 3 is 2.96 bits per heavy atom. The van der Waals surface area contributed by atoms with Crippen molar-refractivity contribution in [2.24, 2.45) is 0 Å². The number of nitrogens with zero attached hydrogens (tertiary/aromatic N) is 1. The summed E-state index contributed by atoms with van der Waals surface area (Å²) in [7, 11) is 0. The van der Waals surface area contributed by atoms with Crippen LogP contribution in [-0.4, -0.2) is 24.0 Å². The van der Waals surface area contributed by atoms with Gasteiger partial charge in [0.2, 0.25) is 0 Å². The van der Waals surface area contributed by atoms with E-state index in [0.717, 1.165) is 30.4 Å². The number of hydrogen-bond acceptors (Lipinski definition) is 2. The summed E-state index contributed by atoms with van der Waals surface area (Å²) in [5, 5.41) is 1.27. The number of hydrogen-bond donors (Lipinski definition) is 0. The molecule has 2 heteroatoms. The number of rotatable bonds is 4. The molecule has 0 saturated carbocycles. The SMILES string of the molecule is C[C@@H]1CCCN1CCc1cc2cc(C3=CCCCCC3)ccc2o1. The van der Waals surface area contributed by atoms with Gasteiger partial charge in [-0.15, -0.1) is 0 Å². The van der Waals surface area contributed by atoms with E-state index in [1.165, 1.54) is 68.0 Å². The fourth-order valence-electron chi connectivity index (χ4n) is 4.28. The van der Waals surface area contributed by atoms with E-state index >= 15 is 0 Å². The second-order valence-electron chi connectivity index (χ2n) is 7.57. The molecule has 1 aromatic heterocycles. The van der Waals surface area contributed by atoms with Crippen LogP contribution in [0.4, 0.5) is 0 Å². The molecule has 128 valence electrons. The molecule has 2 heterocycles. The topological polar surface area (TPSA) is 16.4 Å². The van der Waals surface area contributed by atoms with Crippen LogP contribution >= 0.6 is 0 Å². The summed E-state index contributed by atoms with van der Waals surface area (Å²) in [6, 6.07) is 9.74. The van der Waals surface area contributed by atoms with Crippen molar-refractivity contribution in [1.29, 1.82) is 0 Å². The van der Waals surface area contributed by atoms with Crippen LogP contribution in [0.3, 0.4) is 0 Å². The molecule has 1 fully saturated rings. The third kappa shape index (κ3) is 3.44. The van der Waals surface area contributed by atoms with Crippen LogP contribution in [0.1, 0.15) is 63.2 Å². The molecule has 0 unspecified atom stereocenters. The van der Waals surface area contributed by atoms with Crippen molar-refractivity contribution in [2.75, 3.05) is 13.1 Å². The van der Waals surface area contributed by atoms with E-state index in [1.807, 2.05) is 0 Å². The van der Waals surface area contributed by atoms with Crippen molar-refractivity contribution in [3.63, 3.8) is 0 Å². The van der Waals surface area contributed by atoms with E-state index in [-0.39, 0.29) is 0 Å². The fourth-order valence-corrected chi connectivity index (χ4v) is 4.28. The van der Waals surface area contributed by atoms with Gasteiger partial charge in [0.05, 0.1) is 0 Å². The van der Waals surface area contributed by atoms with Crippen molar-refractivity contribution in [3.8, 4) is 0 Å². The van der Waals surface area contributed by atoms with Crippen LogP contribution in [0, 0.1) is 0 Å². The molecular weight excluding hydrogens is 294 g/mol. The highest BCUT2D eigenvalue weighted by molar-refractivity contribution is 5.83. The summed E-state index contributed by atoms with van der Waals surface area (Å²) in [5.41, 5.74) is 3.96. The zero-order chi connectivity index (χ0) is 16.4. The molecule has 1 aromatic carbocycles. The minimum atomic E-state index is 0.739. The Kier molecular flexibility index (Phi) is 4.75. The first-order chi connectivity index (χ1) is 11.8. The van der Waals surface area contributed by atoms with Crippen molar-refractivity contribution >= 4 is 16.5 Å². The van der Waals surface area contributed by atoms with Crippen molar-refractivity contribution < 1.29 is 4.42 Å². The molecular formula is C22H29NO. The summed E-state index contributed by atoms with van der Waals surface area (Å²) in [6.45, 7) is 4.72. The average molecular weight is 323 g/mol. The van der Waals surface area contributed by atoms with Gasteiger partial charge in [-0.05, 0) is 81.3 Å². The molecule has 2 nitrogen and oxygen atoms in total. The predicted octanol–water partition coefficient (Wildman–Crippen LogP) is 5.81. The third-order valence-corrected chi connectivity index (χ3v) is 5.82. The maximum absolute atomic E-state index is 6.08. The van der Waals surface area contributed by atoms with Crippen molar-refractivity contribution in [2.45, 2.75) is 64.3 Å². The second-order valence-corrected chi connectivity index (χ2v) is 7.57. The zero-order valence-electron chi connectivity index (χ0n) is 14.9. The summed E-state index contributed by atoms with van der Waals surface area (Å²) in [4.78, 5) is 2.59. The Bertz CT molecular complexity index is 727. The van der Waals surface area contributed by atoms with Crippen LogP contribution in [0.2, 0.25) is 0 Å². The van der Waals surface area contributed by atoms with Gasteiger partial charge in [0.15, 0.2) is 0 Å². The van der Waals surface area contributed by atoms with Gasteiger partial charge in [-0.25, -0.2) is 0 Å². The lowest BCUT2D eigenvalue weighted by Gasteiger charge is -2.19. The first-order valence-electron chi connectivity index (χ1n) is 9.75. The maximum atomic E-state index is 6.08. The van der Waals surface area contributed by atoms with Crippen LogP contribution in [-0.2, 0) is 6.42 Å². The van der Waals surface area contributed by atoms with Gasteiger partial charge in [0, 0.05) is 24.4 Å². The van der Waals surface area contributed by atoms with Crippen molar-refractivity contribution in [3.05, 3.63) is 41.7 Å². The predicted molar refractivity (Wildman–Crippen MR) is 101 cm³/mol. The van der Waals surface area contributed by atoms with E-state index in [4.69, 9.17) is 4.42 Å². The molecule has 24 heavy (non-hydrogen) atoms. The van der Waals surface area contributed by atoms with Crippen LogP contribution in [0.25, 0.3) is 16.5 Å². The molecule has 1 saturated heterocycles. The first-order valence-corrected chi connectivity index (χ1v) is 9.75. The van der Waals surface area contributed by atoms with Crippen molar-refractivity contribution in [1.82, 2.24) is 4.90 Å². The summed E-state index contributed by atoms with van der Waals surface area (Å²) >= 11 is 0. The average Bonchev–Trinajstić information content (AvgIpc) is 3.08. The highest BCUT2D eigenvalue weighted by Crippen LogP contribution is 2.30. The Morgan fingerprint density at radius 2 is 2.08 bits per heavy atom. The quantitative estimate of drug-likeness (QED) is 0.706. The number of benzene rings is 1. The van der Waals surface area contributed by atoms with E-state index in [1.54, 1.807) is 0 Å². The van der Waals surface area contributed by atoms with Crippen LogP contribution in [0.15, 0.2) is 34.8 Å². The molecule has 0 spiro atoms. The third-order valence-electron chi connectivity index (χ3n) is 5.82. The van der Waals surface area contributed by atoms with Gasteiger partial charge in [-0.2, -0.15) is 0 Å². The largest absolute Gasteiger partial charge is 0.461 e. The lowest BCUT2D eigenvalue weighted by Crippen LogP contribution is -2.28. The smallest absolute Gasteiger partial charge is 0.134 e. The van der Waals surface area contributed by atoms with Gasteiger partial charge >= 0.3 is 0 Å². The monoisotopic (exact) mass is 323 g/mol. The van der Waals surface area contributed by atoms with Gasteiger partial charge in [-0.1, -0.05) is 18.6 Å². The number of likely N-dealkylation sites (tertiary alicyclic amines) is 1. The maximum Gasteiger partial charge on any atom is 0.134 e. The molecule has 0 radical (unpaired) electrons.